The normalized spacial score (nSPS) is 19.6. The Kier molecular flexibility index (Phi) is 2.78. The molecule has 1 atom stereocenters. The van der Waals surface area contributed by atoms with Crippen LogP contribution in [0.1, 0.15) is 12.0 Å². The van der Waals surface area contributed by atoms with Gasteiger partial charge in [-0.1, -0.05) is 24.1 Å². The first kappa shape index (κ1) is 10.5. The van der Waals surface area contributed by atoms with E-state index < -0.39 is 0 Å². The zero-order valence-electron chi connectivity index (χ0n) is 9.02. The number of terminal acetylenes is 1. The van der Waals surface area contributed by atoms with Gasteiger partial charge in [0.2, 0.25) is 5.91 Å². The molecule has 1 unspecified atom stereocenters. The molecule has 1 amide bonds. The smallest absolute Gasteiger partial charge is 0.227 e. The number of carbonyl (C=O) groups excluding carboxylic acids is 1. The number of hydrogen-bond donors (Lipinski definition) is 0. The van der Waals surface area contributed by atoms with Gasteiger partial charge in [0.15, 0.2) is 0 Å². The molecule has 1 fully saturated rings. The fourth-order valence-electron chi connectivity index (χ4n) is 1.96. The average Bonchev–Trinajstić information content (AvgIpc) is 2.70. The highest BCUT2D eigenvalue weighted by Crippen LogP contribution is 2.27. The van der Waals surface area contributed by atoms with Crippen molar-refractivity contribution in [3.63, 3.8) is 0 Å². The molecule has 1 aromatic carbocycles. The van der Waals surface area contributed by atoms with E-state index in [4.69, 9.17) is 6.42 Å². The molecule has 80 valence electrons. The van der Waals surface area contributed by atoms with E-state index in [0.717, 1.165) is 11.3 Å². The molecule has 1 saturated heterocycles. The summed E-state index contributed by atoms with van der Waals surface area (Å²) in [4.78, 5) is 13.6. The maximum Gasteiger partial charge on any atom is 0.227 e. The maximum atomic E-state index is 11.8. The monoisotopic (exact) mass is 211 g/mol. The van der Waals surface area contributed by atoms with Gasteiger partial charge in [0.05, 0.1) is 5.69 Å². The van der Waals surface area contributed by atoms with Gasteiger partial charge in [-0.25, -0.2) is 0 Å². The van der Waals surface area contributed by atoms with Gasteiger partial charge < -0.3 is 4.90 Å². The molecule has 1 aliphatic rings. The quantitative estimate of drug-likeness (QED) is 0.542. The summed E-state index contributed by atoms with van der Waals surface area (Å²) in [6, 6.07) is 7.51. The molecule has 2 heteroatoms. The second kappa shape index (κ2) is 4.24. The summed E-state index contributed by atoms with van der Waals surface area (Å²) in [5.74, 6) is 2.96. The molecule has 0 radical (unpaired) electrons. The Balaban J connectivity index is 2.35. The number of rotatable bonds is 2. The number of hydrogen-bond acceptors (Lipinski definition) is 1. The van der Waals surface area contributed by atoms with Crippen molar-refractivity contribution in [3.05, 3.63) is 42.5 Å². The van der Waals surface area contributed by atoms with Crippen LogP contribution in [0.5, 0.6) is 0 Å². The van der Waals surface area contributed by atoms with Crippen LogP contribution in [0.2, 0.25) is 0 Å². The van der Waals surface area contributed by atoms with Crippen molar-refractivity contribution in [1.29, 1.82) is 0 Å². The molecular weight excluding hydrogens is 198 g/mol. The second-order valence-electron chi connectivity index (χ2n) is 3.87. The van der Waals surface area contributed by atoms with Crippen LogP contribution in [0.4, 0.5) is 5.69 Å². The third-order valence-electron chi connectivity index (χ3n) is 2.84. The number of benzene rings is 1. The summed E-state index contributed by atoms with van der Waals surface area (Å²) in [7, 11) is 0. The van der Waals surface area contributed by atoms with Crippen LogP contribution in [-0.2, 0) is 4.79 Å². The van der Waals surface area contributed by atoms with Crippen LogP contribution in [0.15, 0.2) is 36.9 Å². The SMILES string of the molecule is C#Cc1ccccc1N1CC(C=C)CC1=O. The standard InChI is InChI=1S/C14H13NO/c1-3-11-9-14(16)15(10-11)13-8-6-5-7-12(13)4-2/h2-3,5-8,11H,1,9-10H2. The van der Waals surface area contributed by atoms with Gasteiger partial charge in [-0.05, 0) is 12.1 Å². The van der Waals surface area contributed by atoms with E-state index in [1.165, 1.54) is 0 Å². The Morgan fingerprint density at radius 1 is 1.50 bits per heavy atom. The summed E-state index contributed by atoms with van der Waals surface area (Å²) in [6.45, 7) is 4.41. The lowest BCUT2D eigenvalue weighted by Gasteiger charge is -2.17. The fraction of sp³-hybridized carbons (Fsp3) is 0.214. The molecule has 0 saturated carbocycles. The lowest BCUT2D eigenvalue weighted by atomic mass is 10.1. The fourth-order valence-corrected chi connectivity index (χ4v) is 1.96. The predicted octanol–water partition coefficient (Wildman–Crippen LogP) is 2.21. The summed E-state index contributed by atoms with van der Waals surface area (Å²) in [5.41, 5.74) is 1.60. The lowest BCUT2D eigenvalue weighted by Crippen LogP contribution is -2.25. The number of para-hydroxylation sites is 1. The van der Waals surface area contributed by atoms with Gasteiger partial charge in [-0.2, -0.15) is 0 Å². The highest BCUT2D eigenvalue weighted by Gasteiger charge is 2.29. The number of nitrogens with zero attached hydrogens (tertiary/aromatic N) is 1. The van der Waals surface area contributed by atoms with Crippen LogP contribution in [0, 0.1) is 18.3 Å². The highest BCUT2D eigenvalue weighted by atomic mass is 16.2. The van der Waals surface area contributed by atoms with E-state index in [0.29, 0.717) is 13.0 Å². The van der Waals surface area contributed by atoms with Crippen LogP contribution in [-0.4, -0.2) is 12.5 Å². The van der Waals surface area contributed by atoms with E-state index in [1.54, 1.807) is 4.90 Å². The van der Waals surface area contributed by atoms with Crippen molar-refractivity contribution >= 4 is 11.6 Å². The Labute approximate surface area is 95.6 Å². The van der Waals surface area contributed by atoms with Crippen molar-refractivity contribution in [2.24, 2.45) is 5.92 Å². The van der Waals surface area contributed by atoms with Gasteiger partial charge in [0.1, 0.15) is 0 Å². The summed E-state index contributed by atoms with van der Waals surface area (Å²) >= 11 is 0. The van der Waals surface area contributed by atoms with Gasteiger partial charge in [0, 0.05) is 24.4 Å². The molecule has 16 heavy (non-hydrogen) atoms. The zero-order chi connectivity index (χ0) is 11.5. The minimum Gasteiger partial charge on any atom is -0.311 e. The highest BCUT2D eigenvalue weighted by molar-refractivity contribution is 5.97. The molecule has 1 aromatic rings. The summed E-state index contributed by atoms with van der Waals surface area (Å²) < 4.78 is 0. The van der Waals surface area contributed by atoms with Gasteiger partial charge in [-0.3, -0.25) is 4.79 Å². The lowest BCUT2D eigenvalue weighted by molar-refractivity contribution is -0.117. The van der Waals surface area contributed by atoms with Crippen molar-refractivity contribution < 1.29 is 4.79 Å². The number of anilines is 1. The molecule has 0 bridgehead atoms. The van der Waals surface area contributed by atoms with Crippen molar-refractivity contribution in [2.75, 3.05) is 11.4 Å². The average molecular weight is 211 g/mol. The second-order valence-corrected chi connectivity index (χ2v) is 3.87. The molecule has 2 nitrogen and oxygen atoms in total. The Hall–Kier alpha value is -2.01. The zero-order valence-corrected chi connectivity index (χ0v) is 9.02. The minimum atomic E-state index is 0.118. The van der Waals surface area contributed by atoms with Crippen LogP contribution >= 0.6 is 0 Å². The Bertz CT molecular complexity index is 470. The molecule has 0 aliphatic carbocycles. The number of carbonyl (C=O) groups is 1. The van der Waals surface area contributed by atoms with Crippen molar-refractivity contribution in [1.82, 2.24) is 0 Å². The molecule has 0 aromatic heterocycles. The first-order chi connectivity index (χ1) is 7.76. The van der Waals surface area contributed by atoms with E-state index >= 15 is 0 Å². The predicted molar refractivity (Wildman–Crippen MR) is 65.0 cm³/mol. The van der Waals surface area contributed by atoms with Crippen LogP contribution in [0.3, 0.4) is 0 Å². The van der Waals surface area contributed by atoms with Gasteiger partial charge in [0.25, 0.3) is 0 Å². The van der Waals surface area contributed by atoms with E-state index in [9.17, 15) is 4.79 Å². The molecular formula is C14H13NO. The third kappa shape index (κ3) is 1.72. The van der Waals surface area contributed by atoms with Gasteiger partial charge in [-0.15, -0.1) is 13.0 Å². The molecule has 2 rings (SSSR count). The summed E-state index contributed by atoms with van der Waals surface area (Å²) in [6.07, 6.45) is 7.78. The first-order valence-corrected chi connectivity index (χ1v) is 5.25. The van der Waals surface area contributed by atoms with E-state index in [1.807, 2.05) is 30.3 Å². The summed E-state index contributed by atoms with van der Waals surface area (Å²) in [5, 5.41) is 0. The molecule has 0 N–H and O–H groups in total. The van der Waals surface area contributed by atoms with E-state index in [-0.39, 0.29) is 11.8 Å². The first-order valence-electron chi connectivity index (χ1n) is 5.25. The van der Waals surface area contributed by atoms with Crippen LogP contribution in [0.25, 0.3) is 0 Å². The maximum absolute atomic E-state index is 11.8. The molecule has 1 heterocycles. The third-order valence-corrected chi connectivity index (χ3v) is 2.84. The van der Waals surface area contributed by atoms with Gasteiger partial charge >= 0.3 is 0 Å². The van der Waals surface area contributed by atoms with Crippen molar-refractivity contribution in [3.8, 4) is 12.3 Å². The Morgan fingerprint density at radius 2 is 2.25 bits per heavy atom. The largest absolute Gasteiger partial charge is 0.311 e. The topological polar surface area (TPSA) is 20.3 Å². The van der Waals surface area contributed by atoms with Crippen LogP contribution < -0.4 is 4.90 Å². The van der Waals surface area contributed by atoms with Crippen molar-refractivity contribution in [2.45, 2.75) is 6.42 Å². The number of amides is 1. The Morgan fingerprint density at radius 3 is 2.88 bits per heavy atom. The minimum absolute atomic E-state index is 0.118. The van der Waals surface area contributed by atoms with E-state index in [2.05, 4.69) is 12.5 Å². The molecule has 0 spiro atoms. The molecule has 1 aliphatic heterocycles.